The molecule has 2 N–H and O–H groups in total. The molecule has 1 unspecified atom stereocenters. The normalized spacial score (nSPS) is 17.1. The average Bonchev–Trinajstić information content (AvgIpc) is 3.50. The SMILES string of the molecule is CCCC(=O)Nc1ccc2c(c1)C(N1CCN(C(=O)c3ccc4[nH]ccc4c3)CC1)c1ccccc1-2. The summed E-state index contributed by atoms with van der Waals surface area (Å²) < 4.78 is 0. The molecule has 0 bridgehead atoms. The van der Waals surface area contributed by atoms with Gasteiger partial charge in [-0.2, -0.15) is 0 Å². The minimum atomic E-state index is 0.0504. The molecule has 1 atom stereocenters. The first-order valence-corrected chi connectivity index (χ1v) is 12.8. The van der Waals surface area contributed by atoms with Crippen LogP contribution in [0.5, 0.6) is 0 Å². The Labute approximate surface area is 210 Å². The first kappa shape index (κ1) is 22.6. The van der Waals surface area contributed by atoms with Gasteiger partial charge in [-0.25, -0.2) is 0 Å². The molecule has 0 spiro atoms. The maximum atomic E-state index is 13.2. The molecule has 0 saturated carbocycles. The van der Waals surface area contributed by atoms with Gasteiger partial charge < -0.3 is 15.2 Å². The zero-order chi connectivity index (χ0) is 24.6. The molecule has 0 radical (unpaired) electrons. The molecule has 6 rings (SSSR count). The van der Waals surface area contributed by atoms with Gasteiger partial charge in [-0.15, -0.1) is 0 Å². The third-order valence-corrected chi connectivity index (χ3v) is 7.42. The van der Waals surface area contributed by atoms with Crippen LogP contribution in [0.3, 0.4) is 0 Å². The molecule has 4 aromatic rings. The fourth-order valence-corrected chi connectivity index (χ4v) is 5.66. The summed E-state index contributed by atoms with van der Waals surface area (Å²) in [5.41, 5.74) is 7.62. The van der Waals surface area contributed by atoms with Crippen LogP contribution in [0.15, 0.2) is 72.9 Å². The van der Waals surface area contributed by atoms with E-state index in [1.54, 1.807) is 0 Å². The van der Waals surface area contributed by atoms with Crippen LogP contribution in [0.25, 0.3) is 22.0 Å². The number of hydrogen-bond donors (Lipinski definition) is 2. The van der Waals surface area contributed by atoms with Gasteiger partial charge in [0.1, 0.15) is 0 Å². The number of rotatable bonds is 5. The van der Waals surface area contributed by atoms with Crippen molar-refractivity contribution in [1.82, 2.24) is 14.8 Å². The van der Waals surface area contributed by atoms with Crippen molar-refractivity contribution in [3.8, 4) is 11.1 Å². The summed E-state index contributed by atoms with van der Waals surface area (Å²) in [5.74, 6) is 0.139. The first-order valence-electron chi connectivity index (χ1n) is 12.8. The fourth-order valence-electron chi connectivity index (χ4n) is 5.66. The molecule has 1 aliphatic carbocycles. The third-order valence-electron chi connectivity index (χ3n) is 7.42. The summed E-state index contributed by atoms with van der Waals surface area (Å²) >= 11 is 0. The molecule has 3 aromatic carbocycles. The highest BCUT2D eigenvalue weighted by molar-refractivity contribution is 5.98. The van der Waals surface area contributed by atoms with E-state index >= 15 is 0 Å². The van der Waals surface area contributed by atoms with E-state index in [4.69, 9.17) is 0 Å². The van der Waals surface area contributed by atoms with Gasteiger partial charge in [0.15, 0.2) is 0 Å². The molecular formula is C30H30N4O2. The summed E-state index contributed by atoms with van der Waals surface area (Å²) in [4.78, 5) is 33.1. The molecule has 6 heteroatoms. The van der Waals surface area contributed by atoms with Crippen molar-refractivity contribution < 1.29 is 9.59 Å². The van der Waals surface area contributed by atoms with E-state index in [2.05, 4.69) is 51.6 Å². The number of aromatic nitrogens is 1. The van der Waals surface area contributed by atoms with Gasteiger partial charge in [-0.1, -0.05) is 37.3 Å². The number of anilines is 1. The molecular weight excluding hydrogens is 448 g/mol. The monoisotopic (exact) mass is 478 g/mol. The number of piperazine rings is 1. The van der Waals surface area contributed by atoms with Gasteiger partial charge in [-0.3, -0.25) is 14.5 Å². The van der Waals surface area contributed by atoms with Crippen molar-refractivity contribution in [1.29, 1.82) is 0 Å². The number of benzene rings is 3. The Hall–Kier alpha value is -3.90. The fraction of sp³-hybridized carbons (Fsp3) is 0.267. The maximum absolute atomic E-state index is 13.2. The van der Waals surface area contributed by atoms with Gasteiger partial charge in [0.25, 0.3) is 5.91 Å². The van der Waals surface area contributed by atoms with E-state index in [0.29, 0.717) is 19.5 Å². The number of fused-ring (bicyclic) bond motifs is 4. The van der Waals surface area contributed by atoms with Crippen molar-refractivity contribution in [2.75, 3.05) is 31.5 Å². The number of hydrogen-bond acceptors (Lipinski definition) is 3. The van der Waals surface area contributed by atoms with Crippen LogP contribution in [0, 0.1) is 0 Å². The molecule has 1 saturated heterocycles. The summed E-state index contributed by atoms with van der Waals surface area (Å²) in [6.07, 6.45) is 3.25. The Morgan fingerprint density at radius 2 is 1.72 bits per heavy atom. The first-order chi connectivity index (χ1) is 17.6. The molecule has 1 aliphatic heterocycles. The minimum Gasteiger partial charge on any atom is -0.361 e. The molecule has 1 aromatic heterocycles. The van der Waals surface area contributed by atoms with Crippen LogP contribution >= 0.6 is 0 Å². The Morgan fingerprint density at radius 1 is 0.917 bits per heavy atom. The van der Waals surface area contributed by atoms with E-state index < -0.39 is 0 Å². The van der Waals surface area contributed by atoms with E-state index in [9.17, 15) is 9.59 Å². The van der Waals surface area contributed by atoms with E-state index in [1.807, 2.05) is 48.4 Å². The van der Waals surface area contributed by atoms with Crippen LogP contribution < -0.4 is 5.32 Å². The Morgan fingerprint density at radius 3 is 2.56 bits per heavy atom. The standard InChI is InChI=1S/C30H30N4O2/c1-2-5-28(35)32-22-9-10-24-23-6-3-4-7-25(23)29(26(24)19-22)33-14-16-34(17-15-33)30(36)21-8-11-27-20(18-21)12-13-31-27/h3-4,6-13,18-19,29,31H,2,5,14-17H2,1H3,(H,32,35). The van der Waals surface area contributed by atoms with Gasteiger partial charge in [0.2, 0.25) is 5.91 Å². The highest BCUT2D eigenvalue weighted by Gasteiger charge is 2.35. The highest BCUT2D eigenvalue weighted by Crippen LogP contribution is 2.47. The second-order valence-electron chi connectivity index (χ2n) is 9.70. The number of carbonyl (C=O) groups excluding carboxylic acids is 2. The van der Waals surface area contributed by atoms with Crippen LogP contribution in [0.1, 0.15) is 47.3 Å². The quantitative estimate of drug-likeness (QED) is 0.402. The van der Waals surface area contributed by atoms with Crippen LogP contribution in [-0.2, 0) is 4.79 Å². The van der Waals surface area contributed by atoms with Crippen molar-refractivity contribution in [2.45, 2.75) is 25.8 Å². The summed E-state index contributed by atoms with van der Waals surface area (Å²) in [5, 5.41) is 4.12. The predicted octanol–water partition coefficient (Wildman–Crippen LogP) is 5.43. The molecule has 36 heavy (non-hydrogen) atoms. The van der Waals surface area contributed by atoms with Gasteiger partial charge in [0, 0.05) is 61.0 Å². The topological polar surface area (TPSA) is 68.4 Å². The summed E-state index contributed by atoms with van der Waals surface area (Å²) in [6.45, 7) is 4.97. The summed E-state index contributed by atoms with van der Waals surface area (Å²) in [7, 11) is 0. The molecule has 2 aliphatic rings. The lowest BCUT2D eigenvalue weighted by Crippen LogP contribution is -2.49. The second kappa shape index (κ2) is 9.28. The maximum Gasteiger partial charge on any atom is 0.253 e. The molecule has 182 valence electrons. The highest BCUT2D eigenvalue weighted by atomic mass is 16.2. The largest absolute Gasteiger partial charge is 0.361 e. The van der Waals surface area contributed by atoms with Crippen molar-refractivity contribution in [2.24, 2.45) is 0 Å². The molecule has 1 fully saturated rings. The lowest BCUT2D eigenvalue weighted by atomic mass is 10.0. The van der Waals surface area contributed by atoms with Gasteiger partial charge in [0.05, 0.1) is 6.04 Å². The second-order valence-corrected chi connectivity index (χ2v) is 9.70. The zero-order valence-corrected chi connectivity index (χ0v) is 20.5. The van der Waals surface area contributed by atoms with E-state index in [-0.39, 0.29) is 17.9 Å². The van der Waals surface area contributed by atoms with Crippen molar-refractivity contribution >= 4 is 28.4 Å². The van der Waals surface area contributed by atoms with E-state index in [0.717, 1.165) is 41.7 Å². The molecule has 2 heterocycles. The molecule has 6 nitrogen and oxygen atoms in total. The number of amides is 2. The smallest absolute Gasteiger partial charge is 0.253 e. The lowest BCUT2D eigenvalue weighted by molar-refractivity contribution is -0.116. The number of carbonyl (C=O) groups is 2. The van der Waals surface area contributed by atoms with Gasteiger partial charge in [-0.05, 0) is 65.1 Å². The van der Waals surface area contributed by atoms with E-state index in [1.165, 1.54) is 22.3 Å². The van der Waals surface area contributed by atoms with Crippen LogP contribution in [0.2, 0.25) is 0 Å². The van der Waals surface area contributed by atoms with Crippen molar-refractivity contribution in [3.63, 3.8) is 0 Å². The minimum absolute atomic E-state index is 0.0504. The van der Waals surface area contributed by atoms with Crippen molar-refractivity contribution in [3.05, 3.63) is 89.6 Å². The Balaban J connectivity index is 1.23. The number of nitrogens with zero attached hydrogens (tertiary/aromatic N) is 2. The van der Waals surface area contributed by atoms with Crippen LogP contribution in [0.4, 0.5) is 5.69 Å². The Kier molecular flexibility index (Phi) is 5.82. The number of H-pyrrole nitrogens is 1. The number of nitrogens with one attached hydrogen (secondary N) is 2. The summed E-state index contributed by atoms with van der Waals surface area (Å²) in [6, 6.07) is 22.8. The number of aromatic amines is 1. The van der Waals surface area contributed by atoms with Gasteiger partial charge >= 0.3 is 0 Å². The van der Waals surface area contributed by atoms with Crippen LogP contribution in [-0.4, -0.2) is 52.8 Å². The third kappa shape index (κ3) is 3.97. The lowest BCUT2D eigenvalue weighted by Gasteiger charge is -2.38. The predicted molar refractivity (Wildman–Crippen MR) is 143 cm³/mol. The Bertz CT molecular complexity index is 1450. The average molecular weight is 479 g/mol. The zero-order valence-electron chi connectivity index (χ0n) is 20.5. The molecule has 2 amide bonds.